The lowest BCUT2D eigenvalue weighted by atomic mass is 10.0. The lowest BCUT2D eigenvalue weighted by Crippen LogP contribution is -2.13. The van der Waals surface area contributed by atoms with Gasteiger partial charge in [-0.3, -0.25) is 9.59 Å². The van der Waals surface area contributed by atoms with Crippen LogP contribution in [0.1, 0.15) is 22.8 Å². The molecule has 0 bridgehead atoms. The minimum Gasteiger partial charge on any atom is -0.481 e. The van der Waals surface area contributed by atoms with Crippen LogP contribution in [-0.4, -0.2) is 17.0 Å². The molecular formula is C17H17NO3. The predicted molar refractivity (Wildman–Crippen MR) is 81.3 cm³/mol. The largest absolute Gasteiger partial charge is 0.481 e. The van der Waals surface area contributed by atoms with Crippen LogP contribution in [0.4, 0.5) is 5.69 Å². The number of nitrogens with one attached hydrogen (secondary N) is 1. The molecule has 0 unspecified atom stereocenters. The second-order valence-electron chi connectivity index (χ2n) is 4.96. The zero-order chi connectivity index (χ0) is 15.2. The fraction of sp³-hybridized carbons (Fsp3) is 0.176. The van der Waals surface area contributed by atoms with Crippen LogP contribution in [0.2, 0.25) is 0 Å². The molecule has 2 aromatic carbocycles. The van der Waals surface area contributed by atoms with E-state index >= 15 is 0 Å². The summed E-state index contributed by atoms with van der Waals surface area (Å²) in [6.07, 6.45) is 0.474. The summed E-state index contributed by atoms with van der Waals surface area (Å²) in [5, 5.41) is 11.7. The molecule has 0 spiro atoms. The minimum absolute atomic E-state index is 0.165. The Kier molecular flexibility index (Phi) is 4.72. The maximum Gasteiger partial charge on any atom is 0.306 e. The Morgan fingerprint density at radius 1 is 1.05 bits per heavy atom. The standard InChI is InChI=1S/C17H17NO3/c1-12(17(20)21)11-13-7-9-15(10-8-13)18-16(19)14-5-3-2-4-6-14/h2-10,12H,11H2,1H3,(H,18,19)(H,20,21)/t12-/m0/s1. The molecule has 0 heterocycles. The quantitative estimate of drug-likeness (QED) is 0.885. The fourth-order valence-corrected chi connectivity index (χ4v) is 1.96. The topological polar surface area (TPSA) is 66.4 Å². The smallest absolute Gasteiger partial charge is 0.306 e. The van der Waals surface area contributed by atoms with Crippen molar-refractivity contribution in [1.82, 2.24) is 0 Å². The number of rotatable bonds is 5. The van der Waals surface area contributed by atoms with Gasteiger partial charge in [0, 0.05) is 11.3 Å². The van der Waals surface area contributed by atoms with Crippen LogP contribution in [-0.2, 0) is 11.2 Å². The van der Waals surface area contributed by atoms with Crippen molar-refractivity contribution in [3.05, 3.63) is 65.7 Å². The van der Waals surface area contributed by atoms with Gasteiger partial charge in [0.2, 0.25) is 0 Å². The number of carbonyl (C=O) groups excluding carboxylic acids is 1. The molecule has 0 aliphatic heterocycles. The van der Waals surface area contributed by atoms with E-state index in [-0.39, 0.29) is 5.91 Å². The van der Waals surface area contributed by atoms with Gasteiger partial charge in [0.1, 0.15) is 0 Å². The van der Waals surface area contributed by atoms with E-state index in [0.717, 1.165) is 5.56 Å². The van der Waals surface area contributed by atoms with Crippen LogP contribution >= 0.6 is 0 Å². The number of aliphatic carboxylic acids is 1. The number of carboxylic acids is 1. The first-order valence-electron chi connectivity index (χ1n) is 6.74. The molecule has 1 amide bonds. The van der Waals surface area contributed by atoms with Gasteiger partial charge in [-0.2, -0.15) is 0 Å². The van der Waals surface area contributed by atoms with E-state index in [1.54, 1.807) is 31.2 Å². The fourth-order valence-electron chi connectivity index (χ4n) is 1.96. The molecule has 0 fully saturated rings. The Balaban J connectivity index is 2.00. The molecule has 0 saturated heterocycles. The molecule has 0 aliphatic rings. The Labute approximate surface area is 123 Å². The van der Waals surface area contributed by atoms with Crippen LogP contribution in [0.15, 0.2) is 54.6 Å². The molecule has 4 heteroatoms. The van der Waals surface area contributed by atoms with E-state index in [0.29, 0.717) is 17.7 Å². The molecule has 21 heavy (non-hydrogen) atoms. The van der Waals surface area contributed by atoms with Crippen molar-refractivity contribution in [2.24, 2.45) is 5.92 Å². The molecule has 2 aromatic rings. The van der Waals surface area contributed by atoms with E-state index in [2.05, 4.69) is 5.32 Å². The van der Waals surface area contributed by atoms with Crippen molar-refractivity contribution >= 4 is 17.6 Å². The second-order valence-corrected chi connectivity index (χ2v) is 4.96. The van der Waals surface area contributed by atoms with E-state index in [9.17, 15) is 9.59 Å². The summed E-state index contributed by atoms with van der Waals surface area (Å²) < 4.78 is 0. The normalized spacial score (nSPS) is 11.7. The summed E-state index contributed by atoms with van der Waals surface area (Å²) in [4.78, 5) is 22.8. The zero-order valence-corrected chi connectivity index (χ0v) is 11.7. The number of amides is 1. The average molecular weight is 283 g/mol. The maximum atomic E-state index is 12.0. The molecule has 2 rings (SSSR count). The van der Waals surface area contributed by atoms with Crippen molar-refractivity contribution < 1.29 is 14.7 Å². The first-order chi connectivity index (χ1) is 10.1. The van der Waals surface area contributed by atoms with Gasteiger partial charge >= 0.3 is 5.97 Å². The number of carbonyl (C=O) groups is 2. The first-order valence-corrected chi connectivity index (χ1v) is 6.74. The Morgan fingerprint density at radius 2 is 1.67 bits per heavy atom. The van der Waals surface area contributed by atoms with Gasteiger partial charge in [0.05, 0.1) is 5.92 Å². The lowest BCUT2D eigenvalue weighted by molar-refractivity contribution is -0.141. The first kappa shape index (κ1) is 14.8. The summed E-state index contributed by atoms with van der Waals surface area (Å²) in [6, 6.07) is 16.2. The average Bonchev–Trinajstić information content (AvgIpc) is 2.50. The van der Waals surface area contributed by atoms with Gasteiger partial charge < -0.3 is 10.4 Å². The van der Waals surface area contributed by atoms with Gasteiger partial charge in [-0.05, 0) is 36.2 Å². The molecule has 2 N–H and O–H groups in total. The van der Waals surface area contributed by atoms with E-state index < -0.39 is 11.9 Å². The Bertz CT molecular complexity index is 620. The van der Waals surface area contributed by atoms with Crippen LogP contribution in [0, 0.1) is 5.92 Å². The summed E-state index contributed by atoms with van der Waals surface area (Å²) >= 11 is 0. The number of hydrogen-bond acceptors (Lipinski definition) is 2. The van der Waals surface area contributed by atoms with Gasteiger partial charge in [0.25, 0.3) is 5.91 Å². The predicted octanol–water partition coefficient (Wildman–Crippen LogP) is 3.20. The van der Waals surface area contributed by atoms with Crippen molar-refractivity contribution in [1.29, 1.82) is 0 Å². The van der Waals surface area contributed by atoms with Crippen molar-refractivity contribution in [2.45, 2.75) is 13.3 Å². The lowest BCUT2D eigenvalue weighted by Gasteiger charge is -2.08. The Morgan fingerprint density at radius 3 is 2.24 bits per heavy atom. The van der Waals surface area contributed by atoms with Gasteiger partial charge in [-0.1, -0.05) is 37.3 Å². The molecule has 0 aliphatic carbocycles. The van der Waals surface area contributed by atoms with Crippen LogP contribution in [0.3, 0.4) is 0 Å². The number of anilines is 1. The minimum atomic E-state index is -0.809. The van der Waals surface area contributed by atoms with Gasteiger partial charge in [0.15, 0.2) is 0 Å². The van der Waals surface area contributed by atoms with Crippen molar-refractivity contribution in [2.75, 3.05) is 5.32 Å². The summed E-state index contributed by atoms with van der Waals surface area (Å²) in [5.74, 6) is -1.39. The molecular weight excluding hydrogens is 266 g/mol. The highest BCUT2D eigenvalue weighted by atomic mass is 16.4. The molecule has 4 nitrogen and oxygen atoms in total. The van der Waals surface area contributed by atoms with Crippen LogP contribution in [0.25, 0.3) is 0 Å². The van der Waals surface area contributed by atoms with E-state index in [4.69, 9.17) is 5.11 Å². The molecule has 0 aromatic heterocycles. The van der Waals surface area contributed by atoms with E-state index in [1.807, 2.05) is 30.3 Å². The zero-order valence-electron chi connectivity index (χ0n) is 11.7. The highest BCUT2D eigenvalue weighted by molar-refractivity contribution is 6.04. The Hall–Kier alpha value is -2.62. The summed E-state index contributed by atoms with van der Waals surface area (Å²) in [5.41, 5.74) is 2.22. The third-order valence-electron chi connectivity index (χ3n) is 3.21. The van der Waals surface area contributed by atoms with Gasteiger partial charge in [-0.15, -0.1) is 0 Å². The summed E-state index contributed by atoms with van der Waals surface area (Å²) in [7, 11) is 0. The molecule has 108 valence electrons. The highest BCUT2D eigenvalue weighted by Crippen LogP contribution is 2.14. The molecule has 0 saturated carbocycles. The van der Waals surface area contributed by atoms with E-state index in [1.165, 1.54) is 0 Å². The maximum absolute atomic E-state index is 12.0. The second kappa shape index (κ2) is 6.70. The third-order valence-corrected chi connectivity index (χ3v) is 3.21. The van der Waals surface area contributed by atoms with Crippen molar-refractivity contribution in [3.8, 4) is 0 Å². The van der Waals surface area contributed by atoms with Crippen LogP contribution < -0.4 is 5.32 Å². The molecule has 1 atom stereocenters. The third kappa shape index (κ3) is 4.18. The number of carboxylic acid groups (broad SMARTS) is 1. The SMILES string of the molecule is C[C@@H](Cc1ccc(NC(=O)c2ccccc2)cc1)C(=O)O. The summed E-state index contributed by atoms with van der Waals surface area (Å²) in [6.45, 7) is 1.67. The highest BCUT2D eigenvalue weighted by Gasteiger charge is 2.11. The number of benzene rings is 2. The molecule has 0 radical (unpaired) electrons. The van der Waals surface area contributed by atoms with Crippen molar-refractivity contribution in [3.63, 3.8) is 0 Å². The monoisotopic (exact) mass is 283 g/mol. The van der Waals surface area contributed by atoms with Crippen LogP contribution in [0.5, 0.6) is 0 Å². The van der Waals surface area contributed by atoms with Gasteiger partial charge in [-0.25, -0.2) is 0 Å². The number of hydrogen-bond donors (Lipinski definition) is 2.